The number of allylic oxidation sites excluding steroid dienone is 1. The van der Waals surface area contributed by atoms with E-state index in [9.17, 15) is 4.79 Å². The van der Waals surface area contributed by atoms with Crippen molar-refractivity contribution < 1.29 is 14.6 Å². The molecular formula is C8H14O3. The van der Waals surface area contributed by atoms with Gasteiger partial charge in [-0.25, -0.2) is 4.79 Å². The van der Waals surface area contributed by atoms with E-state index in [0.29, 0.717) is 18.6 Å². The van der Waals surface area contributed by atoms with Crippen LogP contribution in [-0.4, -0.2) is 17.7 Å². The molecule has 0 rings (SSSR count). The Hall–Kier alpha value is -0.990. The summed E-state index contributed by atoms with van der Waals surface area (Å²) in [5, 5.41) is 8.99. The topological polar surface area (TPSA) is 46.5 Å². The van der Waals surface area contributed by atoms with Crippen molar-refractivity contribution in [3.63, 3.8) is 0 Å². The van der Waals surface area contributed by atoms with Crippen LogP contribution in [0.5, 0.6) is 0 Å². The Morgan fingerprint density at radius 2 is 2.00 bits per heavy atom. The first-order chi connectivity index (χ1) is 5.13. The third kappa shape index (κ3) is 3.07. The summed E-state index contributed by atoms with van der Waals surface area (Å²) in [4.78, 5) is 11.0. The predicted molar refractivity (Wildman–Crippen MR) is 42.3 cm³/mol. The maximum absolute atomic E-state index is 11.0. The average Bonchev–Trinajstić information content (AvgIpc) is 1.88. The Balaban J connectivity index is 4.28. The molecule has 0 fully saturated rings. The predicted octanol–water partition coefficient (Wildman–Crippen LogP) is 1.79. The Morgan fingerprint density at radius 1 is 1.45 bits per heavy atom. The number of aliphatic hydroxyl groups is 1. The molecule has 0 heterocycles. The fraction of sp³-hybridized carbons (Fsp3) is 0.625. The standard InChI is InChI=1S/C8H14O3/c1-4-7(6(3)9)8(10)11-5-2/h9H,4-5H2,1-3H3/b7-6+. The van der Waals surface area contributed by atoms with Crippen LogP contribution in [0.4, 0.5) is 0 Å². The van der Waals surface area contributed by atoms with Crippen LogP contribution in [0.3, 0.4) is 0 Å². The zero-order chi connectivity index (χ0) is 8.85. The van der Waals surface area contributed by atoms with Crippen LogP contribution < -0.4 is 0 Å². The molecule has 1 N–H and O–H groups in total. The summed E-state index contributed by atoms with van der Waals surface area (Å²) >= 11 is 0. The largest absolute Gasteiger partial charge is 0.512 e. The molecule has 0 aromatic carbocycles. The molecule has 0 unspecified atom stereocenters. The van der Waals surface area contributed by atoms with Gasteiger partial charge in [0.05, 0.1) is 17.9 Å². The highest BCUT2D eigenvalue weighted by atomic mass is 16.5. The number of hydrogen-bond donors (Lipinski definition) is 1. The lowest BCUT2D eigenvalue weighted by Crippen LogP contribution is -2.08. The van der Waals surface area contributed by atoms with Crippen molar-refractivity contribution in [1.82, 2.24) is 0 Å². The number of aliphatic hydroxyl groups excluding tert-OH is 1. The highest BCUT2D eigenvalue weighted by Crippen LogP contribution is 2.07. The lowest BCUT2D eigenvalue weighted by atomic mass is 10.2. The van der Waals surface area contributed by atoms with E-state index < -0.39 is 5.97 Å². The first kappa shape index (κ1) is 10.0. The van der Waals surface area contributed by atoms with Gasteiger partial charge in [0.15, 0.2) is 0 Å². The van der Waals surface area contributed by atoms with Gasteiger partial charge in [0.2, 0.25) is 0 Å². The molecule has 0 saturated heterocycles. The summed E-state index contributed by atoms with van der Waals surface area (Å²) < 4.78 is 4.70. The van der Waals surface area contributed by atoms with E-state index in [1.807, 2.05) is 0 Å². The van der Waals surface area contributed by atoms with E-state index in [1.165, 1.54) is 6.92 Å². The number of esters is 1. The minimum atomic E-state index is -0.421. The highest BCUT2D eigenvalue weighted by molar-refractivity contribution is 5.88. The maximum atomic E-state index is 11.0. The second-order valence-electron chi connectivity index (χ2n) is 2.14. The Labute approximate surface area is 66.7 Å². The molecule has 0 spiro atoms. The highest BCUT2D eigenvalue weighted by Gasteiger charge is 2.10. The van der Waals surface area contributed by atoms with Crippen molar-refractivity contribution in [3.05, 3.63) is 11.3 Å². The third-order valence-corrected chi connectivity index (χ3v) is 1.31. The van der Waals surface area contributed by atoms with Gasteiger partial charge < -0.3 is 9.84 Å². The maximum Gasteiger partial charge on any atom is 0.337 e. The second-order valence-corrected chi connectivity index (χ2v) is 2.14. The zero-order valence-electron chi connectivity index (χ0n) is 7.18. The Morgan fingerprint density at radius 3 is 2.27 bits per heavy atom. The molecule has 0 bridgehead atoms. The summed E-state index contributed by atoms with van der Waals surface area (Å²) in [5.74, 6) is -0.374. The number of hydrogen-bond acceptors (Lipinski definition) is 3. The molecule has 0 aliphatic heterocycles. The van der Waals surface area contributed by atoms with Crippen molar-refractivity contribution in [2.75, 3.05) is 6.61 Å². The minimum Gasteiger partial charge on any atom is -0.512 e. The molecule has 3 nitrogen and oxygen atoms in total. The molecule has 3 heteroatoms. The van der Waals surface area contributed by atoms with Crippen LogP contribution in [0, 0.1) is 0 Å². The Bertz CT molecular complexity index is 166. The van der Waals surface area contributed by atoms with Crippen molar-refractivity contribution in [2.24, 2.45) is 0 Å². The van der Waals surface area contributed by atoms with Crippen LogP contribution in [0.2, 0.25) is 0 Å². The van der Waals surface area contributed by atoms with Crippen LogP contribution in [0.15, 0.2) is 11.3 Å². The number of carbonyl (C=O) groups excluding carboxylic acids is 1. The van der Waals surface area contributed by atoms with Crippen molar-refractivity contribution >= 4 is 5.97 Å². The number of ether oxygens (including phenoxy) is 1. The lowest BCUT2D eigenvalue weighted by molar-refractivity contribution is -0.138. The smallest absolute Gasteiger partial charge is 0.337 e. The Kier molecular flexibility index (Phi) is 4.34. The lowest BCUT2D eigenvalue weighted by Gasteiger charge is -2.04. The fourth-order valence-electron chi connectivity index (χ4n) is 0.766. The summed E-state index contributed by atoms with van der Waals surface area (Å²) in [6.45, 7) is 5.36. The molecule has 0 amide bonds. The molecular weight excluding hydrogens is 144 g/mol. The quantitative estimate of drug-likeness (QED) is 0.387. The van der Waals surface area contributed by atoms with Gasteiger partial charge >= 0.3 is 5.97 Å². The summed E-state index contributed by atoms with van der Waals surface area (Å²) in [6.07, 6.45) is 0.501. The van der Waals surface area contributed by atoms with Gasteiger partial charge in [-0.3, -0.25) is 0 Å². The zero-order valence-corrected chi connectivity index (χ0v) is 7.18. The van der Waals surface area contributed by atoms with Gasteiger partial charge in [-0.05, 0) is 20.3 Å². The average molecular weight is 158 g/mol. The molecule has 0 aromatic heterocycles. The van der Waals surface area contributed by atoms with Crippen LogP contribution in [-0.2, 0) is 9.53 Å². The summed E-state index contributed by atoms with van der Waals surface area (Å²) in [5.41, 5.74) is 0.354. The first-order valence-electron chi connectivity index (χ1n) is 3.69. The number of rotatable bonds is 3. The SMILES string of the molecule is CCOC(=O)/C(CC)=C(\C)O. The molecule has 0 aromatic rings. The monoisotopic (exact) mass is 158 g/mol. The van der Waals surface area contributed by atoms with Crippen LogP contribution in [0.25, 0.3) is 0 Å². The summed E-state index contributed by atoms with van der Waals surface area (Å²) in [6, 6.07) is 0. The fourth-order valence-corrected chi connectivity index (χ4v) is 0.766. The minimum absolute atomic E-state index is 0.0472. The van der Waals surface area contributed by atoms with Crippen molar-refractivity contribution in [3.8, 4) is 0 Å². The molecule has 0 saturated carbocycles. The summed E-state index contributed by atoms with van der Waals surface area (Å²) in [7, 11) is 0. The first-order valence-corrected chi connectivity index (χ1v) is 3.69. The van der Waals surface area contributed by atoms with Gasteiger partial charge in [-0.1, -0.05) is 6.92 Å². The number of carbonyl (C=O) groups is 1. The van der Waals surface area contributed by atoms with E-state index in [-0.39, 0.29) is 5.76 Å². The van der Waals surface area contributed by atoms with Crippen LogP contribution in [0.1, 0.15) is 27.2 Å². The second kappa shape index (κ2) is 4.77. The molecule has 64 valence electrons. The molecule has 11 heavy (non-hydrogen) atoms. The molecule has 0 atom stereocenters. The molecule has 0 radical (unpaired) electrons. The van der Waals surface area contributed by atoms with Crippen molar-refractivity contribution in [2.45, 2.75) is 27.2 Å². The van der Waals surface area contributed by atoms with Gasteiger partial charge in [0.1, 0.15) is 0 Å². The van der Waals surface area contributed by atoms with E-state index in [1.54, 1.807) is 13.8 Å². The van der Waals surface area contributed by atoms with Gasteiger partial charge in [0, 0.05) is 0 Å². The van der Waals surface area contributed by atoms with Gasteiger partial charge in [0.25, 0.3) is 0 Å². The van der Waals surface area contributed by atoms with Crippen molar-refractivity contribution in [1.29, 1.82) is 0 Å². The third-order valence-electron chi connectivity index (χ3n) is 1.31. The molecule has 0 aliphatic carbocycles. The normalized spacial score (nSPS) is 12.3. The molecule has 0 aliphatic rings. The van der Waals surface area contributed by atoms with Gasteiger partial charge in [-0.2, -0.15) is 0 Å². The van der Waals surface area contributed by atoms with E-state index in [0.717, 1.165) is 0 Å². The van der Waals surface area contributed by atoms with E-state index >= 15 is 0 Å². The van der Waals surface area contributed by atoms with E-state index in [2.05, 4.69) is 0 Å². The van der Waals surface area contributed by atoms with Crippen LogP contribution >= 0.6 is 0 Å². The van der Waals surface area contributed by atoms with E-state index in [4.69, 9.17) is 9.84 Å². The van der Waals surface area contributed by atoms with Gasteiger partial charge in [-0.15, -0.1) is 0 Å².